The van der Waals surface area contributed by atoms with Crippen molar-refractivity contribution in [3.63, 3.8) is 0 Å². The molecule has 1 aliphatic heterocycles. The fourth-order valence-electron chi connectivity index (χ4n) is 2.26. The molecule has 5 nitrogen and oxygen atoms in total. The monoisotopic (exact) mass is 260 g/mol. The van der Waals surface area contributed by atoms with Gasteiger partial charge in [0.15, 0.2) is 0 Å². The van der Waals surface area contributed by atoms with Crippen molar-refractivity contribution >= 4 is 11.8 Å². The van der Waals surface area contributed by atoms with Gasteiger partial charge in [-0.2, -0.15) is 0 Å². The van der Waals surface area contributed by atoms with E-state index in [1.165, 1.54) is 6.08 Å². The average molecular weight is 260 g/mol. The summed E-state index contributed by atoms with van der Waals surface area (Å²) in [5.41, 5.74) is 4.10. The van der Waals surface area contributed by atoms with Crippen LogP contribution in [0.2, 0.25) is 0 Å². The van der Waals surface area contributed by atoms with Crippen molar-refractivity contribution in [2.24, 2.45) is 5.73 Å². The zero-order valence-corrected chi connectivity index (χ0v) is 10.6. The SMILES string of the molecule is CCC(O)(C(N)=O)N1C(=O)C=CC1c1ccccc1. The maximum atomic E-state index is 11.9. The van der Waals surface area contributed by atoms with E-state index in [0.29, 0.717) is 0 Å². The summed E-state index contributed by atoms with van der Waals surface area (Å²) in [6.45, 7) is 1.61. The molecular formula is C14H16N2O3. The zero-order valence-electron chi connectivity index (χ0n) is 10.6. The Labute approximate surface area is 111 Å². The van der Waals surface area contributed by atoms with E-state index in [1.54, 1.807) is 13.0 Å². The molecule has 3 N–H and O–H groups in total. The molecule has 0 bridgehead atoms. The second-order valence-electron chi connectivity index (χ2n) is 4.46. The highest BCUT2D eigenvalue weighted by Gasteiger charge is 2.46. The normalized spacial score (nSPS) is 21.5. The average Bonchev–Trinajstić information content (AvgIpc) is 2.81. The van der Waals surface area contributed by atoms with Crippen LogP contribution in [0, 0.1) is 0 Å². The smallest absolute Gasteiger partial charge is 0.270 e. The van der Waals surface area contributed by atoms with Gasteiger partial charge in [-0.25, -0.2) is 0 Å². The highest BCUT2D eigenvalue weighted by atomic mass is 16.3. The van der Waals surface area contributed by atoms with E-state index >= 15 is 0 Å². The molecule has 2 rings (SSSR count). The Hall–Kier alpha value is -2.14. The Balaban J connectivity index is 2.43. The minimum absolute atomic E-state index is 0.0408. The van der Waals surface area contributed by atoms with E-state index in [9.17, 15) is 14.7 Å². The Morgan fingerprint density at radius 1 is 1.42 bits per heavy atom. The number of hydrogen-bond donors (Lipinski definition) is 2. The van der Waals surface area contributed by atoms with Gasteiger partial charge in [-0.1, -0.05) is 43.3 Å². The van der Waals surface area contributed by atoms with Gasteiger partial charge in [-0.15, -0.1) is 0 Å². The third-order valence-corrected chi connectivity index (χ3v) is 3.36. The summed E-state index contributed by atoms with van der Waals surface area (Å²) in [4.78, 5) is 24.6. The second-order valence-corrected chi connectivity index (χ2v) is 4.46. The van der Waals surface area contributed by atoms with Gasteiger partial charge in [-0.3, -0.25) is 14.5 Å². The van der Waals surface area contributed by atoms with Crippen LogP contribution in [-0.2, 0) is 9.59 Å². The van der Waals surface area contributed by atoms with Gasteiger partial charge >= 0.3 is 0 Å². The van der Waals surface area contributed by atoms with Gasteiger partial charge in [0.05, 0.1) is 6.04 Å². The number of aliphatic hydroxyl groups is 1. The predicted octanol–water partition coefficient (Wildman–Crippen LogP) is 0.710. The first kappa shape index (κ1) is 13.3. The zero-order chi connectivity index (χ0) is 14.0. The van der Waals surface area contributed by atoms with Crippen LogP contribution < -0.4 is 5.73 Å². The molecule has 2 amide bonds. The first-order valence-corrected chi connectivity index (χ1v) is 6.09. The van der Waals surface area contributed by atoms with Crippen LogP contribution >= 0.6 is 0 Å². The second kappa shape index (κ2) is 4.85. The van der Waals surface area contributed by atoms with E-state index < -0.39 is 23.6 Å². The third kappa shape index (κ3) is 2.13. The van der Waals surface area contributed by atoms with Gasteiger partial charge in [0.2, 0.25) is 11.6 Å². The van der Waals surface area contributed by atoms with E-state index in [-0.39, 0.29) is 6.42 Å². The summed E-state index contributed by atoms with van der Waals surface area (Å²) in [7, 11) is 0. The molecule has 2 unspecified atom stereocenters. The molecule has 0 spiro atoms. The minimum atomic E-state index is -1.97. The van der Waals surface area contributed by atoms with Crippen molar-refractivity contribution in [1.82, 2.24) is 4.90 Å². The Bertz CT molecular complexity index is 527. The topological polar surface area (TPSA) is 83.6 Å². The van der Waals surface area contributed by atoms with Crippen LogP contribution in [0.5, 0.6) is 0 Å². The summed E-state index contributed by atoms with van der Waals surface area (Å²) >= 11 is 0. The largest absolute Gasteiger partial charge is 0.365 e. The molecule has 100 valence electrons. The third-order valence-electron chi connectivity index (χ3n) is 3.36. The van der Waals surface area contributed by atoms with Crippen LogP contribution in [-0.4, -0.2) is 27.5 Å². The van der Waals surface area contributed by atoms with Crippen molar-refractivity contribution in [3.05, 3.63) is 48.0 Å². The number of hydrogen-bond acceptors (Lipinski definition) is 3. The number of nitrogens with two attached hydrogens (primary N) is 1. The number of primary amides is 1. The highest BCUT2D eigenvalue weighted by Crippen LogP contribution is 2.34. The number of nitrogens with zero attached hydrogens (tertiary/aromatic N) is 1. The van der Waals surface area contributed by atoms with Crippen molar-refractivity contribution in [2.75, 3.05) is 0 Å². The highest BCUT2D eigenvalue weighted by molar-refractivity contribution is 5.96. The summed E-state index contributed by atoms with van der Waals surface area (Å²) in [5.74, 6) is -1.34. The molecule has 0 saturated heterocycles. The molecule has 1 aliphatic rings. The van der Waals surface area contributed by atoms with Gasteiger partial charge in [0.25, 0.3) is 5.91 Å². The van der Waals surface area contributed by atoms with Crippen LogP contribution in [0.4, 0.5) is 0 Å². The summed E-state index contributed by atoms with van der Waals surface area (Å²) in [6, 6.07) is 8.70. The number of amides is 2. The van der Waals surface area contributed by atoms with E-state index in [4.69, 9.17) is 5.73 Å². The summed E-state index contributed by atoms with van der Waals surface area (Å²) < 4.78 is 0. The van der Waals surface area contributed by atoms with E-state index in [0.717, 1.165) is 10.5 Å². The van der Waals surface area contributed by atoms with Crippen molar-refractivity contribution in [1.29, 1.82) is 0 Å². The van der Waals surface area contributed by atoms with Crippen LogP contribution in [0.15, 0.2) is 42.5 Å². The molecule has 1 heterocycles. The molecule has 19 heavy (non-hydrogen) atoms. The van der Waals surface area contributed by atoms with E-state index in [1.807, 2.05) is 30.3 Å². The first-order chi connectivity index (χ1) is 9.00. The quantitative estimate of drug-likeness (QED) is 0.836. The molecular weight excluding hydrogens is 244 g/mol. The van der Waals surface area contributed by atoms with Crippen molar-refractivity contribution in [3.8, 4) is 0 Å². The molecule has 0 aromatic heterocycles. The Morgan fingerprint density at radius 2 is 2.05 bits per heavy atom. The fraction of sp³-hybridized carbons (Fsp3) is 0.286. The van der Waals surface area contributed by atoms with Gasteiger partial charge in [-0.05, 0) is 5.56 Å². The number of benzene rings is 1. The molecule has 0 aliphatic carbocycles. The molecule has 2 atom stereocenters. The molecule has 1 aromatic rings. The number of rotatable bonds is 4. The lowest BCUT2D eigenvalue weighted by atomic mass is 10.0. The maximum absolute atomic E-state index is 11.9. The van der Waals surface area contributed by atoms with Crippen molar-refractivity contribution < 1.29 is 14.7 Å². The van der Waals surface area contributed by atoms with Gasteiger partial charge in [0.1, 0.15) is 0 Å². The maximum Gasteiger partial charge on any atom is 0.270 e. The lowest BCUT2D eigenvalue weighted by molar-refractivity contribution is -0.172. The van der Waals surface area contributed by atoms with Gasteiger partial charge < -0.3 is 10.8 Å². The first-order valence-electron chi connectivity index (χ1n) is 6.09. The molecule has 5 heteroatoms. The summed E-state index contributed by atoms with van der Waals surface area (Å²) in [5, 5.41) is 10.4. The van der Waals surface area contributed by atoms with Gasteiger partial charge in [0, 0.05) is 12.5 Å². The lowest BCUT2D eigenvalue weighted by Crippen LogP contribution is -2.58. The van der Waals surface area contributed by atoms with Crippen LogP contribution in [0.3, 0.4) is 0 Å². The molecule has 1 aromatic carbocycles. The number of carbonyl (C=O) groups excluding carboxylic acids is 2. The Kier molecular flexibility index (Phi) is 3.40. The lowest BCUT2D eigenvalue weighted by Gasteiger charge is -2.38. The molecule has 0 fully saturated rings. The minimum Gasteiger partial charge on any atom is -0.365 e. The van der Waals surface area contributed by atoms with Crippen LogP contribution in [0.1, 0.15) is 24.9 Å². The standard InChI is InChI=1S/C14H16N2O3/c1-2-14(19,13(15)18)16-11(8-9-12(16)17)10-6-4-3-5-7-10/h3-9,11,19H,2H2,1H3,(H2,15,18). The summed E-state index contributed by atoms with van der Waals surface area (Å²) in [6.07, 6.45) is 3.04. The molecule has 0 saturated carbocycles. The Morgan fingerprint density at radius 3 is 2.58 bits per heavy atom. The van der Waals surface area contributed by atoms with Crippen molar-refractivity contribution in [2.45, 2.75) is 25.1 Å². The van der Waals surface area contributed by atoms with E-state index in [2.05, 4.69) is 0 Å². The molecule has 0 radical (unpaired) electrons. The predicted molar refractivity (Wildman–Crippen MR) is 69.6 cm³/mol. The van der Waals surface area contributed by atoms with Crippen LogP contribution in [0.25, 0.3) is 0 Å². The fourth-order valence-corrected chi connectivity index (χ4v) is 2.26. The number of carbonyl (C=O) groups is 2.